The van der Waals surface area contributed by atoms with Gasteiger partial charge < -0.3 is 15.0 Å². The van der Waals surface area contributed by atoms with Gasteiger partial charge in [-0.2, -0.15) is 0 Å². The fourth-order valence-corrected chi connectivity index (χ4v) is 1.47. The van der Waals surface area contributed by atoms with Gasteiger partial charge in [-0.15, -0.1) is 0 Å². The summed E-state index contributed by atoms with van der Waals surface area (Å²) >= 11 is 5.27. The molecule has 0 fully saturated rings. The highest BCUT2D eigenvalue weighted by atomic mass is 32.1. The highest BCUT2D eigenvalue weighted by molar-refractivity contribution is 7.80. The van der Waals surface area contributed by atoms with Crippen LogP contribution in [0.5, 0.6) is 0 Å². The maximum atomic E-state index is 5.27. The molecule has 0 saturated heterocycles. The van der Waals surface area contributed by atoms with Crippen LogP contribution in [0.25, 0.3) is 0 Å². The van der Waals surface area contributed by atoms with E-state index < -0.39 is 0 Å². The Kier molecular flexibility index (Phi) is 7.80. The van der Waals surface area contributed by atoms with Crippen molar-refractivity contribution >= 4 is 17.3 Å². The van der Waals surface area contributed by atoms with Crippen LogP contribution in [0.3, 0.4) is 0 Å². The van der Waals surface area contributed by atoms with Gasteiger partial charge in [0.15, 0.2) is 5.11 Å². The normalized spacial score (nSPS) is 10.4. The largest absolute Gasteiger partial charge is 0.383 e. The van der Waals surface area contributed by atoms with Gasteiger partial charge in [0, 0.05) is 26.7 Å². The first-order valence-electron chi connectivity index (χ1n) is 5.13. The van der Waals surface area contributed by atoms with Crippen LogP contribution >= 0.6 is 12.2 Å². The Morgan fingerprint density at radius 2 is 2.14 bits per heavy atom. The number of methoxy groups -OCH3 is 1. The molecule has 0 rings (SSSR count). The van der Waals surface area contributed by atoms with Crippen LogP contribution < -0.4 is 5.32 Å². The topological polar surface area (TPSA) is 24.5 Å². The van der Waals surface area contributed by atoms with Crippen molar-refractivity contribution in [3.63, 3.8) is 0 Å². The van der Waals surface area contributed by atoms with Crippen LogP contribution in [-0.2, 0) is 4.74 Å². The van der Waals surface area contributed by atoms with E-state index >= 15 is 0 Å². The molecule has 84 valence electrons. The predicted octanol–water partition coefficient (Wildman–Crippen LogP) is 1.49. The third kappa shape index (κ3) is 6.16. The molecule has 0 aliphatic carbocycles. The quantitative estimate of drug-likeness (QED) is 0.539. The monoisotopic (exact) mass is 218 g/mol. The molecule has 0 saturated carbocycles. The average molecular weight is 218 g/mol. The molecule has 0 aromatic heterocycles. The highest BCUT2D eigenvalue weighted by Gasteiger charge is 2.07. The molecule has 0 radical (unpaired) electrons. The van der Waals surface area contributed by atoms with Crippen molar-refractivity contribution in [2.24, 2.45) is 5.92 Å². The van der Waals surface area contributed by atoms with Gasteiger partial charge in [-0.3, -0.25) is 0 Å². The second-order valence-electron chi connectivity index (χ2n) is 3.66. The SMILES string of the molecule is CCN(CC(C)C)C(=S)NCCOC. The van der Waals surface area contributed by atoms with E-state index in [4.69, 9.17) is 17.0 Å². The molecule has 3 nitrogen and oxygen atoms in total. The number of nitrogens with zero attached hydrogens (tertiary/aromatic N) is 1. The van der Waals surface area contributed by atoms with Crippen molar-refractivity contribution < 1.29 is 4.74 Å². The molecule has 0 aromatic carbocycles. The summed E-state index contributed by atoms with van der Waals surface area (Å²) in [4.78, 5) is 2.18. The molecular formula is C10H22N2OS. The van der Waals surface area contributed by atoms with Gasteiger partial charge in [0.25, 0.3) is 0 Å². The zero-order valence-electron chi connectivity index (χ0n) is 9.67. The van der Waals surface area contributed by atoms with Crippen molar-refractivity contribution in [2.45, 2.75) is 20.8 Å². The zero-order chi connectivity index (χ0) is 11.0. The Hall–Kier alpha value is -0.350. The molecule has 0 atom stereocenters. The highest BCUT2D eigenvalue weighted by Crippen LogP contribution is 1.98. The molecule has 0 unspecified atom stereocenters. The van der Waals surface area contributed by atoms with Crippen molar-refractivity contribution in [1.29, 1.82) is 0 Å². The third-order valence-electron chi connectivity index (χ3n) is 1.84. The Labute approximate surface area is 92.8 Å². The van der Waals surface area contributed by atoms with Gasteiger partial charge >= 0.3 is 0 Å². The second kappa shape index (κ2) is 8.00. The van der Waals surface area contributed by atoms with Crippen LogP contribution in [-0.4, -0.2) is 43.4 Å². The average Bonchev–Trinajstić information content (AvgIpc) is 2.14. The number of thiocarbonyl (C=S) groups is 1. The molecule has 0 aliphatic rings. The predicted molar refractivity (Wildman–Crippen MR) is 64.6 cm³/mol. The van der Waals surface area contributed by atoms with E-state index in [0.717, 1.165) is 24.7 Å². The van der Waals surface area contributed by atoms with Crippen LogP contribution in [0.1, 0.15) is 20.8 Å². The fraction of sp³-hybridized carbons (Fsp3) is 0.900. The zero-order valence-corrected chi connectivity index (χ0v) is 10.5. The minimum atomic E-state index is 0.636. The molecular weight excluding hydrogens is 196 g/mol. The van der Waals surface area contributed by atoms with Crippen LogP contribution in [0.2, 0.25) is 0 Å². The first-order chi connectivity index (χ1) is 6.61. The summed E-state index contributed by atoms with van der Waals surface area (Å²) in [7, 11) is 1.69. The van der Waals surface area contributed by atoms with Crippen LogP contribution in [0.4, 0.5) is 0 Å². The van der Waals surface area contributed by atoms with Crippen molar-refractivity contribution in [3.05, 3.63) is 0 Å². The summed E-state index contributed by atoms with van der Waals surface area (Å²) in [5.41, 5.74) is 0. The molecule has 0 amide bonds. The van der Waals surface area contributed by atoms with E-state index in [0.29, 0.717) is 12.5 Å². The smallest absolute Gasteiger partial charge is 0.169 e. The van der Waals surface area contributed by atoms with Gasteiger partial charge in [0.2, 0.25) is 0 Å². The van der Waals surface area contributed by atoms with Gasteiger partial charge in [-0.25, -0.2) is 0 Å². The molecule has 0 aliphatic heterocycles. The molecule has 14 heavy (non-hydrogen) atoms. The molecule has 0 bridgehead atoms. The van der Waals surface area contributed by atoms with Gasteiger partial charge in [-0.1, -0.05) is 13.8 Å². The number of ether oxygens (including phenoxy) is 1. The summed E-state index contributed by atoms with van der Waals surface area (Å²) in [6.45, 7) is 9.95. The molecule has 0 spiro atoms. The standard InChI is InChI=1S/C10H22N2OS/c1-5-12(8-9(2)3)10(14)11-6-7-13-4/h9H,5-8H2,1-4H3,(H,11,14). The van der Waals surface area contributed by atoms with Crippen molar-refractivity contribution in [1.82, 2.24) is 10.2 Å². The number of nitrogens with one attached hydrogen (secondary N) is 1. The third-order valence-corrected chi connectivity index (χ3v) is 2.24. The Bertz CT molecular complexity index is 162. The lowest BCUT2D eigenvalue weighted by molar-refractivity contribution is 0.202. The van der Waals surface area contributed by atoms with Gasteiger partial charge in [-0.05, 0) is 25.1 Å². The summed E-state index contributed by atoms with van der Waals surface area (Å²) in [6.07, 6.45) is 0. The fourth-order valence-electron chi connectivity index (χ4n) is 1.17. The van der Waals surface area contributed by atoms with Gasteiger partial charge in [0.05, 0.1) is 6.61 Å². The van der Waals surface area contributed by atoms with Crippen molar-refractivity contribution in [3.8, 4) is 0 Å². The maximum absolute atomic E-state index is 5.27. The number of hydrogen-bond acceptors (Lipinski definition) is 2. The minimum Gasteiger partial charge on any atom is -0.383 e. The van der Waals surface area contributed by atoms with E-state index in [2.05, 4.69) is 31.0 Å². The molecule has 0 heterocycles. The van der Waals surface area contributed by atoms with E-state index in [9.17, 15) is 0 Å². The van der Waals surface area contributed by atoms with E-state index in [1.807, 2.05) is 0 Å². The lowest BCUT2D eigenvalue weighted by Crippen LogP contribution is -2.42. The summed E-state index contributed by atoms with van der Waals surface area (Å²) in [5.74, 6) is 0.636. The minimum absolute atomic E-state index is 0.636. The van der Waals surface area contributed by atoms with E-state index in [-0.39, 0.29) is 0 Å². The Morgan fingerprint density at radius 3 is 2.57 bits per heavy atom. The van der Waals surface area contributed by atoms with E-state index in [1.165, 1.54) is 0 Å². The Balaban J connectivity index is 3.79. The molecule has 1 N–H and O–H groups in total. The first-order valence-corrected chi connectivity index (χ1v) is 5.54. The number of hydrogen-bond donors (Lipinski definition) is 1. The van der Waals surface area contributed by atoms with Gasteiger partial charge in [0.1, 0.15) is 0 Å². The van der Waals surface area contributed by atoms with Crippen molar-refractivity contribution in [2.75, 3.05) is 33.4 Å². The Morgan fingerprint density at radius 1 is 1.50 bits per heavy atom. The second-order valence-corrected chi connectivity index (χ2v) is 4.04. The summed E-state index contributed by atoms with van der Waals surface area (Å²) < 4.78 is 4.95. The summed E-state index contributed by atoms with van der Waals surface area (Å²) in [5, 5.41) is 4.00. The lowest BCUT2D eigenvalue weighted by atomic mass is 10.2. The van der Waals surface area contributed by atoms with Crippen LogP contribution in [0.15, 0.2) is 0 Å². The lowest BCUT2D eigenvalue weighted by Gasteiger charge is -2.26. The summed E-state index contributed by atoms with van der Waals surface area (Å²) in [6, 6.07) is 0. The van der Waals surface area contributed by atoms with E-state index in [1.54, 1.807) is 7.11 Å². The number of rotatable bonds is 6. The first kappa shape index (κ1) is 13.7. The molecule has 4 heteroatoms. The molecule has 0 aromatic rings. The maximum Gasteiger partial charge on any atom is 0.169 e. The van der Waals surface area contributed by atoms with Crippen LogP contribution in [0, 0.1) is 5.92 Å².